The number of fused-ring (bicyclic) bond motifs is 2. The molecular weight excluding hydrogens is 522 g/mol. The number of aryl methyl sites for hydroxylation is 1. The van der Waals surface area contributed by atoms with Gasteiger partial charge in [-0.25, -0.2) is 13.8 Å². The van der Waals surface area contributed by atoms with E-state index in [4.69, 9.17) is 15.2 Å². The van der Waals surface area contributed by atoms with Gasteiger partial charge in [-0.05, 0) is 67.9 Å². The van der Waals surface area contributed by atoms with E-state index in [1.165, 1.54) is 50.4 Å². The van der Waals surface area contributed by atoms with Crippen molar-refractivity contribution < 1.29 is 33.0 Å². The number of carbonyl (C=O) groups is 2. The molecule has 40 heavy (non-hydrogen) atoms. The number of primary amides is 1. The zero-order chi connectivity index (χ0) is 28.8. The highest BCUT2D eigenvalue weighted by Crippen LogP contribution is 2.46. The van der Waals surface area contributed by atoms with Crippen molar-refractivity contribution in [3.05, 3.63) is 82.9 Å². The van der Waals surface area contributed by atoms with E-state index < -0.39 is 35.5 Å². The summed E-state index contributed by atoms with van der Waals surface area (Å²) >= 11 is 0. The molecule has 206 valence electrons. The van der Waals surface area contributed by atoms with E-state index in [-0.39, 0.29) is 34.8 Å². The van der Waals surface area contributed by atoms with Gasteiger partial charge < -0.3 is 25.6 Å². The van der Waals surface area contributed by atoms with Crippen molar-refractivity contribution in [1.29, 1.82) is 0 Å². The molecule has 2 aromatic carbocycles. The Bertz CT molecular complexity index is 1660. The number of carbonyl (C=O) groups excluding carboxylic acids is 2. The van der Waals surface area contributed by atoms with E-state index in [0.717, 1.165) is 5.56 Å². The summed E-state index contributed by atoms with van der Waals surface area (Å²) < 4.78 is 40.1. The van der Waals surface area contributed by atoms with Gasteiger partial charge in [0, 0.05) is 28.3 Å². The first-order chi connectivity index (χ1) is 18.9. The van der Waals surface area contributed by atoms with Gasteiger partial charge in [0.15, 0.2) is 5.75 Å². The predicted molar refractivity (Wildman–Crippen MR) is 142 cm³/mol. The third kappa shape index (κ3) is 4.68. The van der Waals surface area contributed by atoms with Crippen LogP contribution in [0.25, 0.3) is 22.2 Å². The van der Waals surface area contributed by atoms with Gasteiger partial charge in [-0.3, -0.25) is 14.6 Å². The largest absolute Gasteiger partial charge is 0.494 e. The van der Waals surface area contributed by atoms with Crippen molar-refractivity contribution in [2.24, 2.45) is 5.73 Å². The lowest BCUT2D eigenvalue weighted by molar-refractivity contribution is -0.130. The zero-order valence-electron chi connectivity index (χ0n) is 21.9. The van der Waals surface area contributed by atoms with Crippen molar-refractivity contribution in [2.75, 3.05) is 20.3 Å². The molecule has 5 rings (SSSR count). The van der Waals surface area contributed by atoms with Crippen molar-refractivity contribution in [1.82, 2.24) is 15.3 Å². The molecule has 4 N–H and O–H groups in total. The molecule has 4 aromatic rings. The third-order valence-corrected chi connectivity index (χ3v) is 6.84. The normalized spacial score (nSPS) is 17.6. The summed E-state index contributed by atoms with van der Waals surface area (Å²) in [4.78, 5) is 34.0. The molecule has 0 fully saturated rings. The van der Waals surface area contributed by atoms with Crippen molar-refractivity contribution in [3.8, 4) is 22.8 Å². The standard InChI is InChI=1S/C29H26F2N4O5/c1-15-8-17-9-18(10-21(39-3)23(17)33-12-15)26(36)34-13-28(2,38)22-11-20-25(40-14-29(20,31)27(32)37)24(35-22)16-4-6-19(30)7-5-16/h4-12,38H,13-14H2,1-3H3,(H2,32,37)(H,34,36)/t28-,29?/m0/s1. The van der Waals surface area contributed by atoms with Crippen LogP contribution in [0.15, 0.2) is 54.7 Å². The second-order valence-electron chi connectivity index (χ2n) is 9.91. The first-order valence-electron chi connectivity index (χ1n) is 12.3. The van der Waals surface area contributed by atoms with Crippen LogP contribution < -0.4 is 20.5 Å². The second kappa shape index (κ2) is 9.83. The average molecular weight is 549 g/mol. The molecule has 2 aromatic heterocycles. The molecular formula is C29H26F2N4O5. The topological polar surface area (TPSA) is 137 Å². The van der Waals surface area contributed by atoms with Gasteiger partial charge in [0.2, 0.25) is 0 Å². The summed E-state index contributed by atoms with van der Waals surface area (Å²) in [5.74, 6) is -1.91. The van der Waals surface area contributed by atoms with Crippen LogP contribution in [0.2, 0.25) is 0 Å². The molecule has 0 saturated heterocycles. The van der Waals surface area contributed by atoms with Gasteiger partial charge in [0.25, 0.3) is 17.5 Å². The van der Waals surface area contributed by atoms with Crippen LogP contribution in [-0.2, 0) is 16.1 Å². The second-order valence-corrected chi connectivity index (χ2v) is 9.91. The molecule has 1 aliphatic rings. The number of nitrogens with two attached hydrogens (primary N) is 1. The Hall–Kier alpha value is -4.64. The number of alkyl halides is 1. The number of amides is 2. The SMILES string of the molecule is COc1cc(C(=O)NC[C@](C)(O)c2cc3c(c(-c4ccc(F)cc4)n2)OCC3(F)C(N)=O)cc2cc(C)cnc12. The number of hydrogen-bond acceptors (Lipinski definition) is 7. The summed E-state index contributed by atoms with van der Waals surface area (Å²) in [6.07, 6.45) is 1.70. The highest BCUT2D eigenvalue weighted by Gasteiger charge is 2.49. The Morgan fingerprint density at radius 2 is 1.95 bits per heavy atom. The van der Waals surface area contributed by atoms with E-state index in [9.17, 15) is 19.1 Å². The fourth-order valence-electron chi connectivity index (χ4n) is 4.56. The number of aromatic nitrogens is 2. The highest BCUT2D eigenvalue weighted by molar-refractivity contribution is 6.00. The smallest absolute Gasteiger partial charge is 0.263 e. The van der Waals surface area contributed by atoms with Gasteiger partial charge >= 0.3 is 0 Å². The lowest BCUT2D eigenvalue weighted by atomic mass is 9.91. The van der Waals surface area contributed by atoms with Gasteiger partial charge in [0.1, 0.15) is 35.0 Å². The number of methoxy groups -OCH3 is 1. The fraction of sp³-hybridized carbons (Fsp3) is 0.241. The van der Waals surface area contributed by atoms with Gasteiger partial charge in [-0.15, -0.1) is 0 Å². The minimum Gasteiger partial charge on any atom is -0.494 e. The van der Waals surface area contributed by atoms with E-state index in [1.54, 1.807) is 12.3 Å². The summed E-state index contributed by atoms with van der Waals surface area (Å²) in [6, 6.07) is 11.5. The van der Waals surface area contributed by atoms with Crippen LogP contribution in [0.3, 0.4) is 0 Å². The van der Waals surface area contributed by atoms with Crippen LogP contribution >= 0.6 is 0 Å². The summed E-state index contributed by atoms with van der Waals surface area (Å²) in [5.41, 5.74) is 2.79. The molecule has 0 spiro atoms. The number of aliphatic hydroxyl groups is 1. The number of pyridine rings is 2. The Balaban J connectivity index is 1.50. The third-order valence-electron chi connectivity index (χ3n) is 6.84. The first kappa shape index (κ1) is 26.9. The van der Waals surface area contributed by atoms with Crippen LogP contribution in [-0.4, -0.2) is 47.2 Å². The molecule has 11 heteroatoms. The molecule has 1 aliphatic heterocycles. The number of benzene rings is 2. The van der Waals surface area contributed by atoms with E-state index in [0.29, 0.717) is 22.2 Å². The number of rotatable bonds is 7. The van der Waals surface area contributed by atoms with Gasteiger partial charge in [-0.2, -0.15) is 0 Å². The van der Waals surface area contributed by atoms with E-state index in [2.05, 4.69) is 15.3 Å². The molecule has 0 saturated carbocycles. The molecule has 0 radical (unpaired) electrons. The number of halogens is 2. The van der Waals surface area contributed by atoms with Crippen LogP contribution in [0.1, 0.15) is 34.1 Å². The molecule has 1 unspecified atom stereocenters. The van der Waals surface area contributed by atoms with Gasteiger partial charge in [-0.1, -0.05) is 0 Å². The maximum absolute atomic E-state index is 15.7. The highest BCUT2D eigenvalue weighted by atomic mass is 19.1. The quantitative estimate of drug-likeness (QED) is 0.322. The summed E-state index contributed by atoms with van der Waals surface area (Å²) in [7, 11) is 1.47. The lowest BCUT2D eigenvalue weighted by Gasteiger charge is -2.25. The lowest BCUT2D eigenvalue weighted by Crippen LogP contribution is -2.40. The maximum atomic E-state index is 15.7. The van der Waals surface area contributed by atoms with Crippen LogP contribution in [0.4, 0.5) is 8.78 Å². The van der Waals surface area contributed by atoms with Crippen molar-refractivity contribution in [2.45, 2.75) is 25.1 Å². The number of nitrogens with zero attached hydrogens (tertiary/aromatic N) is 2. The number of nitrogens with one attached hydrogen (secondary N) is 1. The number of ether oxygens (including phenoxy) is 2. The molecule has 0 aliphatic carbocycles. The van der Waals surface area contributed by atoms with Crippen LogP contribution in [0, 0.1) is 12.7 Å². The maximum Gasteiger partial charge on any atom is 0.263 e. The molecule has 9 nitrogen and oxygen atoms in total. The monoisotopic (exact) mass is 548 g/mol. The molecule has 3 heterocycles. The van der Waals surface area contributed by atoms with Gasteiger partial charge in [0.05, 0.1) is 19.3 Å². The summed E-state index contributed by atoms with van der Waals surface area (Å²) in [5, 5.41) is 14.8. The van der Waals surface area contributed by atoms with E-state index in [1.807, 2.05) is 13.0 Å². The molecule has 2 atom stereocenters. The zero-order valence-corrected chi connectivity index (χ0v) is 21.9. The fourth-order valence-corrected chi connectivity index (χ4v) is 4.56. The predicted octanol–water partition coefficient (Wildman–Crippen LogP) is 3.43. The molecule has 0 bridgehead atoms. The number of hydrogen-bond donors (Lipinski definition) is 3. The Morgan fingerprint density at radius 3 is 2.62 bits per heavy atom. The van der Waals surface area contributed by atoms with E-state index >= 15 is 4.39 Å². The van der Waals surface area contributed by atoms with Crippen molar-refractivity contribution >= 4 is 22.7 Å². The Labute approximate surface area is 228 Å². The Kier molecular flexibility index (Phi) is 6.62. The molecule has 2 amide bonds. The summed E-state index contributed by atoms with van der Waals surface area (Å²) in [6.45, 7) is 2.25. The van der Waals surface area contributed by atoms with Crippen LogP contribution in [0.5, 0.6) is 11.5 Å². The minimum atomic E-state index is -2.67. The minimum absolute atomic E-state index is 0.0383. The van der Waals surface area contributed by atoms with Crippen molar-refractivity contribution in [3.63, 3.8) is 0 Å². The Morgan fingerprint density at radius 1 is 1.23 bits per heavy atom. The average Bonchev–Trinajstić information content (AvgIpc) is 3.28. The first-order valence-corrected chi connectivity index (χ1v) is 12.3.